The highest BCUT2D eigenvalue weighted by Crippen LogP contribution is 2.21. The fourth-order valence-electron chi connectivity index (χ4n) is 2.05. The molecule has 16 heavy (non-hydrogen) atoms. The van der Waals surface area contributed by atoms with Gasteiger partial charge in [-0.1, -0.05) is 0 Å². The summed E-state index contributed by atoms with van der Waals surface area (Å²) in [5.41, 5.74) is -0.538. The molecule has 1 heterocycles. The molecule has 0 saturated carbocycles. The Morgan fingerprint density at radius 3 is 2.81 bits per heavy atom. The van der Waals surface area contributed by atoms with Gasteiger partial charge in [-0.3, -0.25) is 5.32 Å². The summed E-state index contributed by atoms with van der Waals surface area (Å²) in [6.45, 7) is 5.15. The van der Waals surface area contributed by atoms with Crippen molar-refractivity contribution in [3.05, 3.63) is 0 Å². The SMILES string of the molecule is CCOC(=O)C1(NCCOC)CCN(C)C1. The standard InChI is InChI=1S/C11H22N2O3/c1-4-16-10(14)11(12-6-8-15-3)5-7-13(2)9-11/h12H,4-9H2,1-3H3. The molecule has 1 unspecified atom stereocenters. The van der Waals surface area contributed by atoms with Crippen molar-refractivity contribution in [2.24, 2.45) is 0 Å². The van der Waals surface area contributed by atoms with Crippen LogP contribution in [0.4, 0.5) is 0 Å². The molecular weight excluding hydrogens is 208 g/mol. The van der Waals surface area contributed by atoms with Crippen molar-refractivity contribution >= 4 is 5.97 Å². The van der Waals surface area contributed by atoms with Crippen LogP contribution in [0, 0.1) is 0 Å². The molecule has 1 rings (SSSR count). The normalized spacial score (nSPS) is 25.9. The number of likely N-dealkylation sites (N-methyl/N-ethyl adjacent to an activating group) is 1. The number of ether oxygens (including phenoxy) is 2. The minimum atomic E-state index is -0.538. The Morgan fingerprint density at radius 2 is 2.31 bits per heavy atom. The summed E-state index contributed by atoms with van der Waals surface area (Å²) in [6, 6.07) is 0. The number of nitrogens with one attached hydrogen (secondary N) is 1. The van der Waals surface area contributed by atoms with Gasteiger partial charge in [0.15, 0.2) is 0 Å². The predicted octanol–water partition coefficient (Wildman–Crippen LogP) is -0.140. The zero-order valence-corrected chi connectivity index (χ0v) is 10.4. The van der Waals surface area contributed by atoms with E-state index < -0.39 is 5.54 Å². The molecule has 0 aromatic carbocycles. The number of carbonyl (C=O) groups is 1. The van der Waals surface area contributed by atoms with Crippen LogP contribution in [0.1, 0.15) is 13.3 Å². The van der Waals surface area contributed by atoms with Crippen molar-refractivity contribution in [2.75, 3.05) is 47.0 Å². The van der Waals surface area contributed by atoms with Gasteiger partial charge in [-0.05, 0) is 20.4 Å². The average Bonchev–Trinajstić information content (AvgIpc) is 2.62. The van der Waals surface area contributed by atoms with Crippen molar-refractivity contribution in [3.63, 3.8) is 0 Å². The summed E-state index contributed by atoms with van der Waals surface area (Å²) in [5, 5.41) is 3.27. The molecule has 1 aliphatic heterocycles. The Labute approximate surface area is 97.1 Å². The molecule has 1 fully saturated rings. The summed E-state index contributed by atoms with van der Waals surface area (Å²) in [5.74, 6) is -0.143. The Hall–Kier alpha value is -0.650. The van der Waals surface area contributed by atoms with Gasteiger partial charge in [-0.25, -0.2) is 4.79 Å². The van der Waals surface area contributed by atoms with Gasteiger partial charge in [0, 0.05) is 26.7 Å². The van der Waals surface area contributed by atoms with Crippen LogP contribution < -0.4 is 5.32 Å². The molecule has 1 N–H and O–H groups in total. The van der Waals surface area contributed by atoms with Gasteiger partial charge < -0.3 is 14.4 Å². The molecule has 94 valence electrons. The molecule has 0 spiro atoms. The largest absolute Gasteiger partial charge is 0.465 e. The molecule has 1 saturated heterocycles. The first-order valence-electron chi connectivity index (χ1n) is 5.74. The average molecular weight is 230 g/mol. The Morgan fingerprint density at radius 1 is 1.56 bits per heavy atom. The molecule has 0 aliphatic carbocycles. The maximum Gasteiger partial charge on any atom is 0.327 e. The second kappa shape index (κ2) is 6.18. The van der Waals surface area contributed by atoms with Crippen LogP contribution in [0.15, 0.2) is 0 Å². The number of carbonyl (C=O) groups excluding carboxylic acids is 1. The first-order chi connectivity index (χ1) is 7.64. The van der Waals surface area contributed by atoms with Gasteiger partial charge in [-0.2, -0.15) is 0 Å². The van der Waals surface area contributed by atoms with Gasteiger partial charge in [0.25, 0.3) is 0 Å². The quantitative estimate of drug-likeness (QED) is 0.508. The van der Waals surface area contributed by atoms with Gasteiger partial charge in [0.1, 0.15) is 5.54 Å². The molecule has 0 amide bonds. The number of methoxy groups -OCH3 is 1. The first kappa shape index (κ1) is 13.4. The van der Waals surface area contributed by atoms with Gasteiger partial charge >= 0.3 is 5.97 Å². The molecule has 0 aromatic heterocycles. The van der Waals surface area contributed by atoms with Crippen LogP contribution in [0.5, 0.6) is 0 Å². The number of likely N-dealkylation sites (tertiary alicyclic amines) is 1. The van der Waals surface area contributed by atoms with E-state index in [1.807, 2.05) is 14.0 Å². The van der Waals surface area contributed by atoms with Gasteiger partial charge in [-0.15, -0.1) is 0 Å². The molecule has 0 aromatic rings. The molecule has 0 bridgehead atoms. The highest BCUT2D eigenvalue weighted by Gasteiger charge is 2.44. The van der Waals surface area contributed by atoms with Crippen molar-refractivity contribution in [3.8, 4) is 0 Å². The van der Waals surface area contributed by atoms with E-state index in [1.165, 1.54) is 0 Å². The van der Waals surface area contributed by atoms with Crippen molar-refractivity contribution < 1.29 is 14.3 Å². The molecule has 5 nitrogen and oxygen atoms in total. The smallest absolute Gasteiger partial charge is 0.327 e. The van der Waals surface area contributed by atoms with E-state index in [1.54, 1.807) is 7.11 Å². The third kappa shape index (κ3) is 3.17. The highest BCUT2D eigenvalue weighted by atomic mass is 16.5. The Bertz CT molecular complexity index is 235. The molecule has 0 radical (unpaired) electrons. The zero-order chi connectivity index (χ0) is 12.0. The van der Waals surface area contributed by atoms with Crippen LogP contribution in [0.3, 0.4) is 0 Å². The number of esters is 1. The summed E-state index contributed by atoms with van der Waals surface area (Å²) in [6.07, 6.45) is 0.798. The fraction of sp³-hybridized carbons (Fsp3) is 0.909. The second-order valence-electron chi connectivity index (χ2n) is 4.21. The number of hydrogen-bond acceptors (Lipinski definition) is 5. The van der Waals surface area contributed by atoms with E-state index in [0.29, 0.717) is 26.3 Å². The summed E-state index contributed by atoms with van der Waals surface area (Å²) >= 11 is 0. The molecule has 1 aliphatic rings. The third-order valence-electron chi connectivity index (χ3n) is 2.90. The Kier molecular flexibility index (Phi) is 5.18. The Balaban J connectivity index is 2.58. The van der Waals surface area contributed by atoms with E-state index in [-0.39, 0.29) is 5.97 Å². The predicted molar refractivity (Wildman–Crippen MR) is 61.4 cm³/mol. The van der Waals surface area contributed by atoms with Crippen LogP contribution in [-0.2, 0) is 14.3 Å². The van der Waals surface area contributed by atoms with Crippen LogP contribution >= 0.6 is 0 Å². The lowest BCUT2D eigenvalue weighted by Crippen LogP contribution is -2.55. The van der Waals surface area contributed by atoms with Gasteiger partial charge in [0.05, 0.1) is 13.2 Å². The molecule has 1 atom stereocenters. The van der Waals surface area contributed by atoms with E-state index in [0.717, 1.165) is 13.0 Å². The molecule has 5 heteroatoms. The van der Waals surface area contributed by atoms with Crippen LogP contribution in [0.25, 0.3) is 0 Å². The van der Waals surface area contributed by atoms with Crippen molar-refractivity contribution in [1.29, 1.82) is 0 Å². The zero-order valence-electron chi connectivity index (χ0n) is 10.4. The van der Waals surface area contributed by atoms with E-state index in [4.69, 9.17) is 9.47 Å². The minimum absolute atomic E-state index is 0.143. The van der Waals surface area contributed by atoms with E-state index in [2.05, 4.69) is 10.2 Å². The summed E-state index contributed by atoms with van der Waals surface area (Å²) in [4.78, 5) is 14.1. The topological polar surface area (TPSA) is 50.8 Å². The third-order valence-corrected chi connectivity index (χ3v) is 2.90. The molecular formula is C11H22N2O3. The summed E-state index contributed by atoms with van der Waals surface area (Å²) in [7, 11) is 3.67. The van der Waals surface area contributed by atoms with E-state index >= 15 is 0 Å². The number of nitrogens with zero attached hydrogens (tertiary/aromatic N) is 1. The monoisotopic (exact) mass is 230 g/mol. The second-order valence-corrected chi connectivity index (χ2v) is 4.21. The lowest BCUT2D eigenvalue weighted by Gasteiger charge is -2.27. The van der Waals surface area contributed by atoms with Gasteiger partial charge in [0.2, 0.25) is 0 Å². The highest BCUT2D eigenvalue weighted by molar-refractivity contribution is 5.81. The van der Waals surface area contributed by atoms with Crippen LogP contribution in [0.2, 0.25) is 0 Å². The maximum absolute atomic E-state index is 12.0. The van der Waals surface area contributed by atoms with E-state index in [9.17, 15) is 4.79 Å². The maximum atomic E-state index is 12.0. The van der Waals surface area contributed by atoms with Crippen molar-refractivity contribution in [2.45, 2.75) is 18.9 Å². The number of hydrogen-bond donors (Lipinski definition) is 1. The van der Waals surface area contributed by atoms with Crippen molar-refractivity contribution in [1.82, 2.24) is 10.2 Å². The minimum Gasteiger partial charge on any atom is -0.465 e. The van der Waals surface area contributed by atoms with Crippen LogP contribution in [-0.4, -0.2) is 63.4 Å². The fourth-order valence-corrected chi connectivity index (χ4v) is 2.05. The first-order valence-corrected chi connectivity index (χ1v) is 5.74. The lowest BCUT2D eigenvalue weighted by atomic mass is 9.99. The summed E-state index contributed by atoms with van der Waals surface area (Å²) < 4.78 is 10.1. The number of rotatable bonds is 6. The lowest BCUT2D eigenvalue weighted by molar-refractivity contribution is -0.150.